The predicted molar refractivity (Wildman–Crippen MR) is 80.0 cm³/mol. The van der Waals surface area contributed by atoms with E-state index in [1.807, 2.05) is 20.8 Å². The van der Waals surface area contributed by atoms with E-state index >= 15 is 0 Å². The van der Waals surface area contributed by atoms with Crippen LogP contribution in [0.1, 0.15) is 69.4 Å². The van der Waals surface area contributed by atoms with Crippen LogP contribution in [0.2, 0.25) is 0 Å². The summed E-state index contributed by atoms with van der Waals surface area (Å²) >= 11 is 0. The Morgan fingerprint density at radius 1 is 1.05 bits per heavy atom. The maximum absolute atomic E-state index is 14.3. The van der Waals surface area contributed by atoms with Crippen LogP contribution in [0.15, 0.2) is 24.3 Å². The summed E-state index contributed by atoms with van der Waals surface area (Å²) in [6.07, 6.45) is 8.36. The lowest BCUT2D eigenvalue weighted by Crippen LogP contribution is -2.14. The first-order valence-electron chi connectivity index (χ1n) is 7.65. The van der Waals surface area contributed by atoms with Crippen LogP contribution in [0.3, 0.4) is 0 Å². The summed E-state index contributed by atoms with van der Waals surface area (Å²) in [4.78, 5) is 0. The summed E-state index contributed by atoms with van der Waals surface area (Å²) in [7, 11) is 0. The highest BCUT2D eigenvalue weighted by Crippen LogP contribution is 2.38. The molecule has 1 aliphatic carbocycles. The first-order valence-corrected chi connectivity index (χ1v) is 7.65. The summed E-state index contributed by atoms with van der Waals surface area (Å²) in [5.41, 5.74) is 1.06. The van der Waals surface area contributed by atoms with Gasteiger partial charge in [-0.3, -0.25) is 0 Å². The van der Waals surface area contributed by atoms with Crippen molar-refractivity contribution in [2.24, 2.45) is 5.92 Å². The van der Waals surface area contributed by atoms with E-state index in [-0.39, 0.29) is 11.8 Å². The quantitative estimate of drug-likeness (QED) is 0.600. The van der Waals surface area contributed by atoms with E-state index in [0.29, 0.717) is 17.0 Å². The van der Waals surface area contributed by atoms with Crippen molar-refractivity contribution in [3.8, 4) is 0 Å². The Labute approximate surface area is 120 Å². The average molecular weight is 278 g/mol. The van der Waals surface area contributed by atoms with Gasteiger partial charge in [0.25, 0.3) is 0 Å². The molecule has 0 aliphatic heterocycles. The number of halogens is 2. The maximum Gasteiger partial charge on any atom is 0.162 e. The molecule has 2 heteroatoms. The first-order chi connectivity index (χ1) is 9.54. The molecule has 2 rings (SSSR count). The Kier molecular flexibility index (Phi) is 4.95. The molecule has 1 aliphatic rings. The molecule has 1 aromatic rings. The number of rotatable bonds is 3. The topological polar surface area (TPSA) is 0 Å². The minimum Gasteiger partial charge on any atom is -0.203 e. The Bertz CT molecular complexity index is 480. The second kappa shape index (κ2) is 6.51. The zero-order chi connectivity index (χ0) is 14.7. The lowest BCUT2D eigenvalue weighted by molar-refractivity contribution is 0.363. The highest BCUT2D eigenvalue weighted by Gasteiger charge is 2.25. The van der Waals surface area contributed by atoms with Crippen molar-refractivity contribution in [2.75, 3.05) is 0 Å². The van der Waals surface area contributed by atoms with Crippen LogP contribution in [0.4, 0.5) is 8.78 Å². The molecule has 0 N–H and O–H groups in total. The molecule has 0 amide bonds. The molecule has 1 aromatic carbocycles. The Hall–Kier alpha value is -1.18. The third kappa shape index (κ3) is 3.11. The zero-order valence-electron chi connectivity index (χ0n) is 12.6. The van der Waals surface area contributed by atoms with Crippen LogP contribution in [-0.4, -0.2) is 0 Å². The summed E-state index contributed by atoms with van der Waals surface area (Å²) in [6.45, 7) is 5.81. The van der Waals surface area contributed by atoms with Crippen LogP contribution in [-0.2, 0) is 0 Å². The monoisotopic (exact) mass is 278 g/mol. The van der Waals surface area contributed by atoms with Gasteiger partial charge in [0.2, 0.25) is 0 Å². The Morgan fingerprint density at radius 2 is 1.70 bits per heavy atom. The van der Waals surface area contributed by atoms with Gasteiger partial charge in [-0.1, -0.05) is 38.1 Å². The van der Waals surface area contributed by atoms with Crippen molar-refractivity contribution < 1.29 is 8.78 Å². The van der Waals surface area contributed by atoms with Gasteiger partial charge < -0.3 is 0 Å². The van der Waals surface area contributed by atoms with Gasteiger partial charge in [-0.05, 0) is 61.5 Å². The second-order valence-electron chi connectivity index (χ2n) is 6.16. The minimum absolute atomic E-state index is 0.0176. The fourth-order valence-electron chi connectivity index (χ4n) is 3.24. The highest BCUT2D eigenvalue weighted by molar-refractivity contribution is 5.31. The fourth-order valence-corrected chi connectivity index (χ4v) is 3.24. The minimum atomic E-state index is -0.645. The fraction of sp³-hybridized carbons (Fsp3) is 0.556. The van der Waals surface area contributed by atoms with Crippen molar-refractivity contribution in [1.82, 2.24) is 0 Å². The molecular formula is C18H24F2. The SMILES string of the molecule is CC=CC1CCC(c2ccc(C(C)C)c(F)c2F)CC1. The number of allylic oxidation sites excluding steroid dienone is 2. The molecule has 20 heavy (non-hydrogen) atoms. The molecule has 0 aromatic heterocycles. The van der Waals surface area contributed by atoms with Gasteiger partial charge in [-0.2, -0.15) is 0 Å². The zero-order valence-corrected chi connectivity index (χ0v) is 12.6. The van der Waals surface area contributed by atoms with Crippen LogP contribution < -0.4 is 0 Å². The largest absolute Gasteiger partial charge is 0.203 e. The summed E-state index contributed by atoms with van der Waals surface area (Å²) in [6, 6.07) is 3.56. The van der Waals surface area contributed by atoms with Crippen molar-refractivity contribution in [3.63, 3.8) is 0 Å². The van der Waals surface area contributed by atoms with E-state index in [9.17, 15) is 8.78 Å². The third-order valence-electron chi connectivity index (χ3n) is 4.44. The van der Waals surface area contributed by atoms with E-state index in [1.165, 1.54) is 0 Å². The summed E-state index contributed by atoms with van der Waals surface area (Å²) in [5, 5.41) is 0. The van der Waals surface area contributed by atoms with Crippen LogP contribution in [0.25, 0.3) is 0 Å². The van der Waals surface area contributed by atoms with E-state index in [4.69, 9.17) is 0 Å². The van der Waals surface area contributed by atoms with E-state index in [2.05, 4.69) is 12.2 Å². The van der Waals surface area contributed by atoms with Crippen molar-refractivity contribution in [1.29, 1.82) is 0 Å². The van der Waals surface area contributed by atoms with Gasteiger partial charge in [0.15, 0.2) is 11.6 Å². The Balaban J connectivity index is 2.17. The molecule has 1 fully saturated rings. The van der Waals surface area contributed by atoms with Crippen LogP contribution >= 0.6 is 0 Å². The molecule has 0 spiro atoms. The van der Waals surface area contributed by atoms with Crippen molar-refractivity contribution >= 4 is 0 Å². The van der Waals surface area contributed by atoms with E-state index < -0.39 is 11.6 Å². The van der Waals surface area contributed by atoms with Crippen molar-refractivity contribution in [3.05, 3.63) is 47.0 Å². The van der Waals surface area contributed by atoms with Gasteiger partial charge in [0.05, 0.1) is 0 Å². The van der Waals surface area contributed by atoms with Gasteiger partial charge in [-0.15, -0.1) is 0 Å². The molecular weight excluding hydrogens is 254 g/mol. The van der Waals surface area contributed by atoms with Crippen molar-refractivity contribution in [2.45, 2.75) is 58.3 Å². The third-order valence-corrected chi connectivity index (χ3v) is 4.44. The standard InChI is InChI=1S/C18H24F2/c1-4-5-13-6-8-14(9-7-13)16-11-10-15(12(2)3)17(19)18(16)20/h4-5,10-14H,6-9H2,1-3H3. The molecule has 0 nitrogen and oxygen atoms in total. The van der Waals surface area contributed by atoms with Gasteiger partial charge in [0.1, 0.15) is 0 Å². The molecule has 1 saturated carbocycles. The lowest BCUT2D eigenvalue weighted by atomic mass is 9.78. The second-order valence-corrected chi connectivity index (χ2v) is 6.16. The van der Waals surface area contributed by atoms with Gasteiger partial charge in [-0.25, -0.2) is 8.78 Å². The predicted octanol–water partition coefficient (Wildman–Crippen LogP) is 5.94. The molecule has 0 unspecified atom stereocenters. The summed E-state index contributed by atoms with van der Waals surface area (Å²) in [5.74, 6) is -0.464. The molecule has 0 heterocycles. The molecule has 0 saturated heterocycles. The highest BCUT2D eigenvalue weighted by atomic mass is 19.2. The number of hydrogen-bond acceptors (Lipinski definition) is 0. The van der Waals surface area contributed by atoms with Crippen LogP contribution in [0.5, 0.6) is 0 Å². The average Bonchev–Trinajstić information content (AvgIpc) is 2.43. The summed E-state index contributed by atoms with van der Waals surface area (Å²) < 4.78 is 28.3. The molecule has 0 atom stereocenters. The molecule has 0 bridgehead atoms. The normalized spacial score (nSPS) is 23.7. The van der Waals surface area contributed by atoms with Crippen LogP contribution in [0, 0.1) is 17.6 Å². The van der Waals surface area contributed by atoms with Gasteiger partial charge >= 0.3 is 0 Å². The van der Waals surface area contributed by atoms with E-state index in [0.717, 1.165) is 25.7 Å². The first kappa shape index (κ1) is 15.2. The molecule has 110 valence electrons. The maximum atomic E-state index is 14.3. The number of benzene rings is 1. The Morgan fingerprint density at radius 3 is 2.25 bits per heavy atom. The number of hydrogen-bond donors (Lipinski definition) is 0. The smallest absolute Gasteiger partial charge is 0.162 e. The van der Waals surface area contributed by atoms with E-state index in [1.54, 1.807) is 12.1 Å². The van der Waals surface area contributed by atoms with Gasteiger partial charge in [0, 0.05) is 0 Å². The molecule has 0 radical (unpaired) electrons. The lowest BCUT2D eigenvalue weighted by Gasteiger charge is -2.27.